The fraction of sp³-hybridized carbons (Fsp3) is 0.571. The van der Waals surface area contributed by atoms with Gasteiger partial charge in [-0.25, -0.2) is 8.42 Å². The average Bonchev–Trinajstić information content (AvgIpc) is 2.37. The summed E-state index contributed by atoms with van der Waals surface area (Å²) in [6.07, 6.45) is 2.20. The predicted octanol–water partition coefficient (Wildman–Crippen LogP) is 2.93. The Balaban J connectivity index is 3.03. The average molecular weight is 364 g/mol. The van der Waals surface area contributed by atoms with E-state index < -0.39 is 15.1 Å². The first-order valence-corrected chi connectivity index (χ1v) is 9.34. The lowest BCUT2D eigenvalue weighted by molar-refractivity contribution is 0.315. The minimum Gasteiger partial charge on any atom is -0.492 e. The van der Waals surface area contributed by atoms with Crippen LogP contribution in [0.25, 0.3) is 0 Å². The van der Waals surface area contributed by atoms with Gasteiger partial charge in [0.25, 0.3) is 0 Å². The molecule has 1 aromatic carbocycles. The molecule has 2 unspecified atom stereocenters. The van der Waals surface area contributed by atoms with E-state index in [0.717, 1.165) is 22.2 Å². The highest BCUT2D eigenvalue weighted by molar-refractivity contribution is 9.10. The lowest BCUT2D eigenvalue weighted by atomic mass is 10.0. The summed E-state index contributed by atoms with van der Waals surface area (Å²) in [6, 6.07) is 5.43. The van der Waals surface area contributed by atoms with E-state index in [4.69, 9.17) is 4.74 Å². The van der Waals surface area contributed by atoms with Crippen LogP contribution in [0, 0.1) is 0 Å². The smallest absolute Gasteiger partial charge is 0.151 e. The molecule has 6 heteroatoms. The molecule has 0 heterocycles. The zero-order chi connectivity index (χ0) is 15.3. The molecule has 0 aromatic heterocycles. The number of halogens is 1. The van der Waals surface area contributed by atoms with E-state index in [1.807, 2.05) is 25.1 Å². The Labute approximate surface area is 130 Å². The molecule has 4 nitrogen and oxygen atoms in total. The SMILES string of the molecule is CCCOc1ccc(C(NC)C(C)S(C)(=O)=O)cc1Br. The molecule has 20 heavy (non-hydrogen) atoms. The van der Waals surface area contributed by atoms with Crippen molar-refractivity contribution in [3.8, 4) is 5.75 Å². The Hall–Kier alpha value is -0.590. The van der Waals surface area contributed by atoms with E-state index in [-0.39, 0.29) is 6.04 Å². The van der Waals surface area contributed by atoms with Gasteiger partial charge in [-0.1, -0.05) is 13.0 Å². The molecule has 0 spiro atoms. The summed E-state index contributed by atoms with van der Waals surface area (Å²) in [6.45, 7) is 4.42. The van der Waals surface area contributed by atoms with Gasteiger partial charge in [0.1, 0.15) is 5.75 Å². The maximum atomic E-state index is 11.7. The number of rotatable bonds is 7. The molecule has 0 saturated heterocycles. The number of sulfone groups is 1. The first kappa shape index (κ1) is 17.5. The Bertz CT molecular complexity index is 545. The fourth-order valence-corrected chi connectivity index (χ4v) is 3.26. The molecule has 0 amide bonds. The van der Waals surface area contributed by atoms with E-state index in [0.29, 0.717) is 6.61 Å². The topological polar surface area (TPSA) is 55.4 Å². The van der Waals surface area contributed by atoms with Gasteiger partial charge in [-0.15, -0.1) is 0 Å². The monoisotopic (exact) mass is 363 g/mol. The lowest BCUT2D eigenvalue weighted by Gasteiger charge is -2.23. The Morgan fingerprint density at radius 1 is 1.40 bits per heavy atom. The standard InChI is InChI=1S/C14H22BrNO3S/c1-5-8-19-13-7-6-11(9-12(13)15)14(16-3)10(2)20(4,17)18/h6-7,9-10,14,16H,5,8H2,1-4H3. The number of hydrogen-bond donors (Lipinski definition) is 1. The van der Waals surface area contributed by atoms with Crippen molar-refractivity contribution in [3.63, 3.8) is 0 Å². The first-order chi connectivity index (χ1) is 9.31. The second-order valence-corrected chi connectivity index (χ2v) is 8.10. The highest BCUT2D eigenvalue weighted by Crippen LogP contribution is 2.30. The number of nitrogens with one attached hydrogen (secondary N) is 1. The largest absolute Gasteiger partial charge is 0.492 e. The van der Waals surface area contributed by atoms with Crippen LogP contribution in [0.2, 0.25) is 0 Å². The third kappa shape index (κ3) is 4.46. The highest BCUT2D eigenvalue weighted by atomic mass is 79.9. The van der Waals surface area contributed by atoms with Gasteiger partial charge in [-0.2, -0.15) is 0 Å². The van der Waals surface area contributed by atoms with Crippen molar-refractivity contribution < 1.29 is 13.2 Å². The normalized spacial score (nSPS) is 14.8. The molecular formula is C14H22BrNO3S. The van der Waals surface area contributed by atoms with Crippen molar-refractivity contribution in [1.82, 2.24) is 5.32 Å². The summed E-state index contributed by atoms with van der Waals surface area (Å²) in [5, 5.41) is 2.58. The van der Waals surface area contributed by atoms with E-state index >= 15 is 0 Å². The van der Waals surface area contributed by atoms with Gasteiger partial charge >= 0.3 is 0 Å². The van der Waals surface area contributed by atoms with Crippen LogP contribution in [0.1, 0.15) is 31.9 Å². The molecule has 0 fully saturated rings. The molecule has 0 radical (unpaired) electrons. The van der Waals surface area contributed by atoms with Gasteiger partial charge in [0, 0.05) is 12.3 Å². The van der Waals surface area contributed by atoms with Crippen LogP contribution in [-0.4, -0.2) is 33.6 Å². The summed E-state index contributed by atoms with van der Waals surface area (Å²) < 4.78 is 29.9. The van der Waals surface area contributed by atoms with Crippen LogP contribution in [0.3, 0.4) is 0 Å². The van der Waals surface area contributed by atoms with Crippen molar-refractivity contribution in [2.45, 2.75) is 31.6 Å². The lowest BCUT2D eigenvalue weighted by Crippen LogP contribution is -2.32. The Morgan fingerprint density at radius 2 is 2.05 bits per heavy atom. The minimum atomic E-state index is -3.11. The molecular weight excluding hydrogens is 342 g/mol. The molecule has 0 aliphatic heterocycles. The van der Waals surface area contributed by atoms with Gasteiger partial charge in [0.2, 0.25) is 0 Å². The van der Waals surface area contributed by atoms with Gasteiger partial charge in [-0.3, -0.25) is 0 Å². The molecule has 114 valence electrons. The van der Waals surface area contributed by atoms with Crippen molar-refractivity contribution in [1.29, 1.82) is 0 Å². The van der Waals surface area contributed by atoms with Crippen molar-refractivity contribution >= 4 is 25.8 Å². The maximum Gasteiger partial charge on any atom is 0.151 e. The van der Waals surface area contributed by atoms with E-state index in [9.17, 15) is 8.42 Å². The van der Waals surface area contributed by atoms with Crippen molar-refractivity contribution in [2.75, 3.05) is 19.9 Å². The molecule has 1 N–H and O–H groups in total. The zero-order valence-corrected chi connectivity index (χ0v) is 14.7. The fourth-order valence-electron chi connectivity index (χ4n) is 1.96. The predicted molar refractivity (Wildman–Crippen MR) is 86.0 cm³/mol. The summed E-state index contributed by atoms with van der Waals surface area (Å²) in [4.78, 5) is 0. The summed E-state index contributed by atoms with van der Waals surface area (Å²) in [5.41, 5.74) is 0.918. The molecule has 1 aromatic rings. The quantitative estimate of drug-likeness (QED) is 0.808. The van der Waals surface area contributed by atoms with Crippen LogP contribution in [0.5, 0.6) is 5.75 Å². The second-order valence-electron chi connectivity index (χ2n) is 4.84. The molecule has 0 aliphatic carbocycles. The summed E-state index contributed by atoms with van der Waals surface area (Å²) in [5.74, 6) is 0.775. The molecule has 0 aliphatic rings. The molecule has 2 atom stereocenters. The van der Waals surface area contributed by atoms with Crippen LogP contribution in [0.15, 0.2) is 22.7 Å². The second kappa shape index (κ2) is 7.43. The van der Waals surface area contributed by atoms with Gasteiger partial charge in [0.15, 0.2) is 9.84 Å². The summed E-state index contributed by atoms with van der Waals surface area (Å²) >= 11 is 3.47. The third-order valence-corrected chi connectivity index (χ3v) is 5.48. The van der Waals surface area contributed by atoms with E-state index in [1.165, 1.54) is 6.26 Å². The van der Waals surface area contributed by atoms with Gasteiger partial charge in [0.05, 0.1) is 16.3 Å². The van der Waals surface area contributed by atoms with Crippen LogP contribution >= 0.6 is 15.9 Å². The van der Waals surface area contributed by atoms with Gasteiger partial charge in [-0.05, 0) is 54.0 Å². The number of hydrogen-bond acceptors (Lipinski definition) is 4. The van der Waals surface area contributed by atoms with Crippen LogP contribution in [0.4, 0.5) is 0 Å². The summed E-state index contributed by atoms with van der Waals surface area (Å²) in [7, 11) is -1.34. The number of benzene rings is 1. The first-order valence-electron chi connectivity index (χ1n) is 6.59. The maximum absolute atomic E-state index is 11.7. The van der Waals surface area contributed by atoms with Crippen LogP contribution in [-0.2, 0) is 9.84 Å². The van der Waals surface area contributed by atoms with E-state index in [1.54, 1.807) is 14.0 Å². The van der Waals surface area contributed by atoms with Crippen LogP contribution < -0.4 is 10.1 Å². The molecule has 0 bridgehead atoms. The highest BCUT2D eigenvalue weighted by Gasteiger charge is 2.26. The Morgan fingerprint density at radius 3 is 2.50 bits per heavy atom. The van der Waals surface area contributed by atoms with Gasteiger partial charge < -0.3 is 10.1 Å². The molecule has 0 saturated carbocycles. The van der Waals surface area contributed by atoms with Crippen molar-refractivity contribution in [2.24, 2.45) is 0 Å². The molecule has 1 rings (SSSR count). The minimum absolute atomic E-state index is 0.249. The van der Waals surface area contributed by atoms with E-state index in [2.05, 4.69) is 21.2 Å². The number of ether oxygens (including phenoxy) is 1. The van der Waals surface area contributed by atoms with Crippen molar-refractivity contribution in [3.05, 3.63) is 28.2 Å². The third-order valence-electron chi connectivity index (χ3n) is 3.23. The Kier molecular flexibility index (Phi) is 6.48. The zero-order valence-electron chi connectivity index (χ0n) is 12.3.